The number of unbranched alkanes of at least 4 members (excludes halogenated alkanes) is 1. The van der Waals surface area contributed by atoms with Gasteiger partial charge in [0.25, 0.3) is 0 Å². The topological polar surface area (TPSA) is 355 Å². The summed E-state index contributed by atoms with van der Waals surface area (Å²) in [6, 6.07) is -6.35. The summed E-state index contributed by atoms with van der Waals surface area (Å²) in [6.45, 7) is 8.32. The number of rotatable bonds is 26. The van der Waals surface area contributed by atoms with Crippen molar-refractivity contribution in [3.8, 4) is 0 Å². The molecule has 0 unspecified atom stereocenters. The molecule has 1 heterocycles. The van der Waals surface area contributed by atoms with Gasteiger partial charge in [0.15, 0.2) is 11.9 Å². The molecule has 1 saturated heterocycles. The van der Waals surface area contributed by atoms with Crippen molar-refractivity contribution in [3.05, 3.63) is 0 Å². The van der Waals surface area contributed by atoms with Crippen LogP contribution in [0.1, 0.15) is 98.3 Å². The molecule has 5 amide bonds. The maximum Gasteiger partial charge on any atom is 0.326 e. The molecule has 55 heavy (non-hydrogen) atoms. The van der Waals surface area contributed by atoms with Crippen molar-refractivity contribution in [3.63, 3.8) is 0 Å². The highest BCUT2D eigenvalue weighted by atomic mass is 16.4. The number of nitrogens with two attached hydrogens (primary N) is 6. The number of carbonyl (C=O) groups is 6. The molecule has 0 aromatic rings. The van der Waals surface area contributed by atoms with Crippen LogP contribution in [0.15, 0.2) is 9.98 Å². The van der Waals surface area contributed by atoms with E-state index in [9.17, 15) is 33.9 Å². The second kappa shape index (κ2) is 25.4. The molecule has 0 saturated carbocycles. The molecule has 1 aliphatic rings. The Labute approximate surface area is 324 Å². The Balaban J connectivity index is 3.31. The molecule has 0 aliphatic carbocycles. The standard InChI is InChI=1S/C35H67N13O7/c1-5-21(4)27(31(52)45-23(12-8-16-42-34(38)39)28(49)46-25(33(54)55)19-20(2)3)47-29(50)24(13-9-17-43-35(40)41)44-30(51)26-14-10-18-48(26)32(53)22(37)11-6-7-15-36/h20-27H,5-19,36-37H2,1-4H3,(H,44,51)(H,45,52)(H,46,49)(H,47,50)(H,54,55)(H4,38,39,42)(H4,40,41,43)/t21-,22-,23-,24-,25-,26-,27-/m0/s1. The first-order chi connectivity index (χ1) is 25.9. The molecule has 314 valence electrons. The second-order valence-corrected chi connectivity index (χ2v) is 14.5. The number of likely N-dealkylation sites (tertiary alicyclic amines) is 1. The predicted molar refractivity (Wildman–Crippen MR) is 210 cm³/mol. The van der Waals surface area contributed by atoms with Crippen molar-refractivity contribution >= 4 is 47.4 Å². The fourth-order valence-electron chi connectivity index (χ4n) is 6.14. The van der Waals surface area contributed by atoms with Crippen LogP contribution in [0.25, 0.3) is 0 Å². The molecule has 0 aromatic heterocycles. The van der Waals surface area contributed by atoms with E-state index in [1.54, 1.807) is 6.92 Å². The maximum atomic E-state index is 14.0. The van der Waals surface area contributed by atoms with Crippen LogP contribution in [0.3, 0.4) is 0 Å². The average molecular weight is 782 g/mol. The van der Waals surface area contributed by atoms with E-state index in [1.807, 2.05) is 20.8 Å². The van der Waals surface area contributed by atoms with Crippen LogP contribution >= 0.6 is 0 Å². The quantitative estimate of drug-likeness (QED) is 0.0249. The molecule has 1 rings (SSSR count). The fourth-order valence-corrected chi connectivity index (χ4v) is 6.14. The summed E-state index contributed by atoms with van der Waals surface area (Å²) in [4.78, 5) is 89.5. The fraction of sp³-hybridized carbons (Fsp3) is 0.771. The Kier molecular flexibility index (Phi) is 22.3. The lowest BCUT2D eigenvalue weighted by Crippen LogP contribution is -2.60. The van der Waals surface area contributed by atoms with Crippen LogP contribution < -0.4 is 55.7 Å². The van der Waals surface area contributed by atoms with E-state index in [0.717, 1.165) is 0 Å². The number of guanidine groups is 2. The van der Waals surface area contributed by atoms with Gasteiger partial charge >= 0.3 is 5.97 Å². The van der Waals surface area contributed by atoms with E-state index in [2.05, 4.69) is 31.3 Å². The minimum atomic E-state index is -1.22. The number of hydrogen-bond acceptors (Lipinski definition) is 10. The minimum absolute atomic E-state index is 0.0459. The van der Waals surface area contributed by atoms with Gasteiger partial charge in [-0.3, -0.25) is 34.0 Å². The summed E-state index contributed by atoms with van der Waals surface area (Å²) >= 11 is 0. The van der Waals surface area contributed by atoms with Crippen LogP contribution in [-0.4, -0.2) is 120 Å². The van der Waals surface area contributed by atoms with E-state index < -0.39 is 71.8 Å². The number of nitrogens with zero attached hydrogens (tertiary/aromatic N) is 3. The third-order valence-corrected chi connectivity index (χ3v) is 9.40. The van der Waals surface area contributed by atoms with Gasteiger partial charge in [-0.05, 0) is 76.2 Å². The smallest absolute Gasteiger partial charge is 0.326 e. The number of amides is 5. The lowest BCUT2D eigenvalue weighted by atomic mass is 9.96. The number of carbonyl (C=O) groups excluding carboxylic acids is 5. The normalized spacial score (nSPS) is 17.1. The molecule has 1 fully saturated rings. The molecular formula is C35H67N13O7. The summed E-state index contributed by atoms with van der Waals surface area (Å²) in [6.07, 6.45) is 4.05. The van der Waals surface area contributed by atoms with Crippen molar-refractivity contribution in [2.45, 2.75) is 135 Å². The Morgan fingerprint density at radius 2 is 1.31 bits per heavy atom. The van der Waals surface area contributed by atoms with Crippen molar-refractivity contribution in [1.29, 1.82) is 0 Å². The average Bonchev–Trinajstić information content (AvgIpc) is 3.61. The Morgan fingerprint density at radius 1 is 0.764 bits per heavy atom. The maximum absolute atomic E-state index is 14.0. The van der Waals surface area contributed by atoms with Crippen LogP contribution in [0, 0.1) is 11.8 Å². The van der Waals surface area contributed by atoms with Gasteiger partial charge in [0.1, 0.15) is 30.2 Å². The summed E-state index contributed by atoms with van der Waals surface area (Å²) in [5.41, 5.74) is 33.5. The van der Waals surface area contributed by atoms with Crippen molar-refractivity contribution in [2.75, 3.05) is 26.2 Å². The number of aliphatic carboxylic acids is 1. The highest BCUT2D eigenvalue weighted by Crippen LogP contribution is 2.20. The van der Waals surface area contributed by atoms with Gasteiger partial charge in [-0.25, -0.2) is 4.79 Å². The molecule has 0 bridgehead atoms. The van der Waals surface area contributed by atoms with E-state index >= 15 is 0 Å². The Bertz CT molecular complexity index is 1320. The van der Waals surface area contributed by atoms with Crippen molar-refractivity contribution in [1.82, 2.24) is 26.2 Å². The largest absolute Gasteiger partial charge is 0.480 e. The Hall–Kier alpha value is -4.72. The highest BCUT2D eigenvalue weighted by Gasteiger charge is 2.38. The summed E-state index contributed by atoms with van der Waals surface area (Å²) in [5, 5.41) is 20.5. The molecule has 17 N–H and O–H groups in total. The molecular weight excluding hydrogens is 714 g/mol. The van der Waals surface area contributed by atoms with Gasteiger partial charge in [0.05, 0.1) is 6.04 Å². The highest BCUT2D eigenvalue weighted by molar-refractivity contribution is 5.96. The lowest BCUT2D eigenvalue weighted by molar-refractivity contribution is -0.143. The molecule has 1 aliphatic heterocycles. The van der Waals surface area contributed by atoms with Gasteiger partial charge in [-0.1, -0.05) is 40.5 Å². The molecule has 0 aromatic carbocycles. The van der Waals surface area contributed by atoms with Gasteiger partial charge in [0, 0.05) is 19.6 Å². The van der Waals surface area contributed by atoms with E-state index in [-0.39, 0.29) is 68.9 Å². The van der Waals surface area contributed by atoms with E-state index in [4.69, 9.17) is 34.4 Å². The first kappa shape index (κ1) is 48.3. The number of nitrogens with one attached hydrogen (secondary N) is 4. The molecule has 20 nitrogen and oxygen atoms in total. The molecule has 0 radical (unpaired) electrons. The minimum Gasteiger partial charge on any atom is -0.480 e. The first-order valence-corrected chi connectivity index (χ1v) is 19.2. The third kappa shape index (κ3) is 18.0. The SMILES string of the molecule is CC[C@H](C)[C@H](NC(=O)[C@H](CCCN=C(N)N)NC(=O)[C@@H]1CCCN1C(=O)[C@@H](N)CCCCN)C(=O)N[C@@H](CCCN=C(N)N)C(=O)N[C@@H](CC(C)C)C(=O)O. The third-order valence-electron chi connectivity index (χ3n) is 9.40. The zero-order valence-electron chi connectivity index (χ0n) is 32.9. The number of aliphatic imine (C=N–C) groups is 2. The van der Waals surface area contributed by atoms with Crippen LogP contribution in [0.5, 0.6) is 0 Å². The van der Waals surface area contributed by atoms with Crippen LogP contribution in [0.4, 0.5) is 0 Å². The van der Waals surface area contributed by atoms with Crippen LogP contribution in [0.2, 0.25) is 0 Å². The van der Waals surface area contributed by atoms with E-state index in [0.29, 0.717) is 51.6 Å². The zero-order valence-corrected chi connectivity index (χ0v) is 32.9. The second-order valence-electron chi connectivity index (χ2n) is 14.5. The number of hydrogen-bond donors (Lipinski definition) is 11. The molecule has 0 spiro atoms. The zero-order chi connectivity index (χ0) is 41.7. The van der Waals surface area contributed by atoms with Crippen molar-refractivity contribution < 1.29 is 33.9 Å². The summed E-state index contributed by atoms with van der Waals surface area (Å²) in [5.74, 6) is -4.99. The lowest BCUT2D eigenvalue weighted by Gasteiger charge is -2.30. The van der Waals surface area contributed by atoms with Crippen molar-refractivity contribution in [2.24, 2.45) is 56.2 Å². The number of carboxylic acid groups (broad SMARTS) is 1. The van der Waals surface area contributed by atoms with Gasteiger partial charge in [-0.15, -0.1) is 0 Å². The van der Waals surface area contributed by atoms with Gasteiger partial charge in [-0.2, -0.15) is 0 Å². The predicted octanol–water partition coefficient (Wildman–Crippen LogP) is -2.34. The monoisotopic (exact) mass is 782 g/mol. The van der Waals surface area contributed by atoms with Gasteiger partial charge < -0.3 is 65.7 Å². The number of carboxylic acids is 1. The molecule has 7 atom stereocenters. The van der Waals surface area contributed by atoms with Crippen LogP contribution in [-0.2, 0) is 28.8 Å². The summed E-state index contributed by atoms with van der Waals surface area (Å²) < 4.78 is 0. The Morgan fingerprint density at radius 3 is 1.82 bits per heavy atom. The molecule has 20 heteroatoms. The summed E-state index contributed by atoms with van der Waals surface area (Å²) in [7, 11) is 0. The van der Waals surface area contributed by atoms with Gasteiger partial charge in [0.2, 0.25) is 29.5 Å². The van der Waals surface area contributed by atoms with E-state index in [1.165, 1.54) is 4.90 Å². The first-order valence-electron chi connectivity index (χ1n) is 19.2.